The molecule has 0 aliphatic carbocycles. The number of nitrogens with one attached hydrogen (secondary N) is 2. The third-order valence-electron chi connectivity index (χ3n) is 15.1. The normalized spacial score (nSPS) is 12.4. The van der Waals surface area contributed by atoms with Crippen LogP contribution in [0.25, 0.3) is 0 Å². The molecule has 37 nitrogen and oxygen atoms in total. The molecule has 0 fully saturated rings. The summed E-state index contributed by atoms with van der Waals surface area (Å²) in [4.78, 5) is 130. The van der Waals surface area contributed by atoms with Gasteiger partial charge in [-0.15, -0.1) is 0 Å². The zero-order valence-corrected chi connectivity index (χ0v) is 87.1. The molecule has 0 aromatic heterocycles. The summed E-state index contributed by atoms with van der Waals surface area (Å²) in [6.07, 6.45) is 7.22. The topological polar surface area (TPSA) is 624 Å². The molecule has 127 heavy (non-hydrogen) atoms. The van der Waals surface area contributed by atoms with E-state index in [1.165, 1.54) is 23.9 Å². The van der Waals surface area contributed by atoms with Crippen molar-refractivity contribution in [1.29, 1.82) is 0 Å². The van der Waals surface area contributed by atoms with Crippen molar-refractivity contribution in [3.63, 3.8) is 0 Å². The number of aliphatic carboxylic acids is 7. The molecule has 14 N–H and O–H groups in total. The quantitative estimate of drug-likeness (QED) is 0.0220. The molecule has 0 aliphatic heterocycles. The molecule has 0 aliphatic rings. The summed E-state index contributed by atoms with van der Waals surface area (Å²) in [6.45, 7) is 63.6. The van der Waals surface area contributed by atoms with Crippen molar-refractivity contribution in [3.05, 3.63) is 0 Å². The average Bonchev–Trinajstić information content (AvgIpc) is 0.896. The maximum absolute atomic E-state index is 11.6. The molecule has 0 saturated carbocycles. The Labute approximate surface area is 762 Å². The van der Waals surface area contributed by atoms with Gasteiger partial charge < -0.3 is 71.1 Å². The van der Waals surface area contributed by atoms with Crippen LogP contribution in [0, 0.1) is 59.6 Å². The number of aliphatic hydroxyl groups is 2. The first kappa shape index (κ1) is 143. The van der Waals surface area contributed by atoms with Crippen LogP contribution < -0.4 is 10.6 Å². The van der Waals surface area contributed by atoms with Crippen LogP contribution >= 0.6 is 0 Å². The van der Waals surface area contributed by atoms with Crippen LogP contribution in [0.3, 0.4) is 0 Å². The minimum atomic E-state index is -3.99. The molecule has 0 spiro atoms. The standard InChI is InChI=1S/C10H21NO4S.C10H19NO3.C10H20O4S.C9H19NO4S.C9H17NO3.C7H16O3S.C7H14O3.C7H14O2.C6H12O3.C6H12O2.C5H10O2/c1-10(2,3)6-5-9(12)11(4)7-8-16(13,14)15;1-10(2,3)6-5-8(12)11(4)7-9(13)14;1-10(2,3)6-5-9(11)14-7-8-15(4,12)13;1-9(2,3)5-4-8(11)10-6-7-15(12,13)14;1-9(2,3)5-4-7(11)10-6-8(12)13;1-7(2,3)5-4-6-11(8,9)10;1-7(2,3)4-5(8)6(9)10;1-7(2,3)5-4-6(8)9;1-6(2,3)4(7)5(8)9;1-6(2,3)4-5(7)8;1-5(2,3)4(6)7/h5-8H2,1-4H3,(H,13,14,15);5-7H2,1-4H3,(H,13,14);5-8H2,1-4H3;4-7H2,1-3H3,(H,10,11)(H,12,13,14);4-6H2,1-3H3,(H,10,11)(H,12,13);4-6H2,1-3H3,(H,8,9,10);5,8H,4H2,1-3H3,(H,9,10);4-5H2,1-3H3,(H,8,9);4,7H,1-3H3,(H,8,9);4H2,1-3H3,(H,7,8);1-3H3,(H,6,7). The van der Waals surface area contributed by atoms with Gasteiger partial charge in [0.2, 0.25) is 23.6 Å². The van der Waals surface area contributed by atoms with E-state index in [2.05, 4.69) is 31.4 Å². The summed E-state index contributed by atoms with van der Waals surface area (Å²) in [6, 6.07) is 0. The van der Waals surface area contributed by atoms with E-state index < -0.39 is 117 Å². The predicted molar refractivity (Wildman–Crippen MR) is 495 cm³/mol. The van der Waals surface area contributed by atoms with Crippen molar-refractivity contribution in [2.45, 2.75) is 343 Å². The van der Waals surface area contributed by atoms with Crippen molar-refractivity contribution in [1.82, 2.24) is 20.4 Å². The number of nitrogens with zero attached hydrogens (tertiary/aromatic N) is 2. The zero-order chi connectivity index (χ0) is 105. The SMILES string of the molecule is CC(C)(C)C(=O)O.CC(C)(C)C(O)C(=O)O.CC(C)(C)CC(=O)O.CC(C)(C)CC(O)C(=O)O.CC(C)(C)CCC(=O)NCC(=O)O.CC(C)(C)CCC(=O)NCCS(=O)(=O)O.CC(C)(C)CCC(=O)O.CC(C)(C)CCC(=O)OCCS(C)(=O)=O.CC(C)(C)CCCS(=O)(=O)O.CN(CC(=O)O)C(=O)CCC(C)(C)C.CN(CCS(=O)(=O)O)C(=O)CCC(C)(C)C. The fraction of sp³-hybridized carbons (Fsp3) is 0.860. The highest BCUT2D eigenvalue weighted by Gasteiger charge is 2.29. The molecule has 0 heterocycles. The van der Waals surface area contributed by atoms with Gasteiger partial charge in [-0.05, 0) is 133 Å². The van der Waals surface area contributed by atoms with Crippen molar-refractivity contribution in [2.24, 2.45) is 59.6 Å². The lowest BCUT2D eigenvalue weighted by molar-refractivity contribution is -0.152. The Morgan fingerprint density at radius 1 is 0.362 bits per heavy atom. The van der Waals surface area contributed by atoms with Crippen molar-refractivity contribution in [3.8, 4) is 0 Å². The zero-order valence-electron chi connectivity index (χ0n) is 83.8. The minimum Gasteiger partial charge on any atom is -0.481 e. The van der Waals surface area contributed by atoms with Crippen LogP contribution in [0.2, 0.25) is 0 Å². The Bertz CT molecular complexity index is 3590. The van der Waals surface area contributed by atoms with E-state index in [0.29, 0.717) is 44.9 Å². The van der Waals surface area contributed by atoms with E-state index in [-0.39, 0.29) is 135 Å². The number of aliphatic hydroxyl groups excluding tert-OH is 2. The number of amides is 4. The monoisotopic (exact) mass is 1920 g/mol. The summed E-state index contributed by atoms with van der Waals surface area (Å²) in [5.41, 5.74) is -0.575. The number of sulfone groups is 1. The molecule has 0 bridgehead atoms. The minimum absolute atomic E-state index is 0.0296. The molecule has 4 amide bonds. The number of hydrogen-bond donors (Lipinski definition) is 14. The van der Waals surface area contributed by atoms with Crippen LogP contribution in [0.5, 0.6) is 0 Å². The summed E-state index contributed by atoms with van der Waals surface area (Å²) in [5.74, 6) is -8.47. The Morgan fingerprint density at radius 3 is 0.913 bits per heavy atom. The Kier molecular flexibility index (Phi) is 74.2. The number of likely N-dealkylation sites (N-methyl/N-ethyl adjacent to an activating group) is 1. The Hall–Kier alpha value is -6.76. The summed E-state index contributed by atoms with van der Waals surface area (Å²) >= 11 is 0. The second-order valence-corrected chi connectivity index (χ2v) is 50.5. The van der Waals surface area contributed by atoms with Crippen molar-refractivity contribution < 1.29 is 156 Å². The van der Waals surface area contributed by atoms with Gasteiger partial charge in [-0.1, -0.05) is 208 Å². The number of hydrogen-bond acceptors (Lipinski definition) is 23. The second-order valence-electron chi connectivity index (χ2n) is 43.5. The van der Waals surface area contributed by atoms with Crippen LogP contribution in [0.1, 0.15) is 331 Å². The Balaban J connectivity index is -0.000000131. The number of carbonyl (C=O) groups excluding carboxylic acids is 5. The highest BCUT2D eigenvalue weighted by Crippen LogP contribution is 2.27. The van der Waals surface area contributed by atoms with E-state index >= 15 is 0 Å². The predicted octanol–water partition coefficient (Wildman–Crippen LogP) is 13.3. The number of esters is 1. The first-order chi connectivity index (χ1) is 55.4. The van der Waals surface area contributed by atoms with E-state index in [1.54, 1.807) is 41.5 Å². The van der Waals surface area contributed by atoms with Gasteiger partial charge in [0.15, 0.2) is 22.0 Å². The van der Waals surface area contributed by atoms with Gasteiger partial charge in [-0.3, -0.25) is 61.6 Å². The first-order valence-electron chi connectivity index (χ1n) is 41.5. The molecule has 0 radical (unpaired) electrons. The molecule has 0 rings (SSSR count). The van der Waals surface area contributed by atoms with Gasteiger partial charge in [-0.2, -0.15) is 25.3 Å². The number of ether oxygens (including phenoxy) is 1. The molecule has 2 atom stereocenters. The lowest BCUT2D eigenvalue weighted by atomic mass is 9.89. The number of carbonyl (C=O) groups is 12. The van der Waals surface area contributed by atoms with Gasteiger partial charge in [0, 0.05) is 72.0 Å². The van der Waals surface area contributed by atoms with Gasteiger partial charge in [0.05, 0.1) is 34.8 Å². The lowest BCUT2D eigenvalue weighted by Crippen LogP contribution is -2.33. The van der Waals surface area contributed by atoms with E-state index in [0.717, 1.165) is 51.2 Å². The van der Waals surface area contributed by atoms with E-state index in [9.17, 15) is 91.2 Å². The van der Waals surface area contributed by atoms with E-state index in [1.807, 2.05) is 166 Å². The van der Waals surface area contributed by atoms with Crippen LogP contribution in [-0.2, 0) is 102 Å². The summed E-state index contributed by atoms with van der Waals surface area (Å²) in [5, 5.41) is 80.6. The highest BCUT2D eigenvalue weighted by atomic mass is 32.2. The number of carboxylic acid groups (broad SMARTS) is 7. The summed E-state index contributed by atoms with van der Waals surface area (Å²) < 4.78 is 114. The first-order valence-corrected chi connectivity index (χ1v) is 48.4. The maximum atomic E-state index is 11.6. The number of carboxylic acids is 7. The molecule has 0 aromatic rings. The van der Waals surface area contributed by atoms with Crippen LogP contribution in [0.15, 0.2) is 0 Å². The number of rotatable bonds is 32. The lowest BCUT2D eigenvalue weighted by Gasteiger charge is -2.21. The molecular weight excluding hydrogens is 1750 g/mol. The Morgan fingerprint density at radius 2 is 0.685 bits per heavy atom. The van der Waals surface area contributed by atoms with Gasteiger partial charge in [0.1, 0.15) is 19.7 Å². The van der Waals surface area contributed by atoms with Gasteiger partial charge >= 0.3 is 47.8 Å². The van der Waals surface area contributed by atoms with Crippen LogP contribution in [-0.4, -0.2) is 263 Å². The summed E-state index contributed by atoms with van der Waals surface area (Å²) in [7, 11) is -11.7. The average molecular weight is 1920 g/mol. The second kappa shape index (κ2) is 65.7. The third kappa shape index (κ3) is 151. The van der Waals surface area contributed by atoms with Crippen molar-refractivity contribution >= 4 is 112 Å². The molecule has 760 valence electrons. The van der Waals surface area contributed by atoms with Gasteiger partial charge in [-0.25, -0.2) is 18.0 Å². The highest BCUT2D eigenvalue weighted by molar-refractivity contribution is 7.90. The largest absolute Gasteiger partial charge is 0.481 e. The third-order valence-corrected chi connectivity index (χ3v) is 18.2. The van der Waals surface area contributed by atoms with Crippen LogP contribution in [0.4, 0.5) is 0 Å². The van der Waals surface area contributed by atoms with Crippen molar-refractivity contribution in [2.75, 3.05) is 76.1 Å². The van der Waals surface area contributed by atoms with E-state index in [4.69, 9.17) is 64.4 Å². The molecule has 2 unspecified atom stereocenters. The fourth-order valence-corrected chi connectivity index (χ4v) is 9.04. The molecular formula is C86H174N4O33S4. The smallest absolute Gasteiger partial charge is 0.333 e. The van der Waals surface area contributed by atoms with Gasteiger partial charge in [0.25, 0.3) is 30.4 Å². The molecule has 41 heteroatoms. The fourth-order valence-electron chi connectivity index (χ4n) is 7.28. The molecule has 0 saturated heterocycles. The molecule has 0 aromatic carbocycles. The maximum Gasteiger partial charge on any atom is 0.333 e.